The van der Waals surface area contributed by atoms with Crippen molar-refractivity contribution in [1.29, 1.82) is 0 Å². The minimum Gasteiger partial charge on any atom is -0.493 e. The van der Waals surface area contributed by atoms with E-state index in [1.165, 1.54) is 54.1 Å². The number of fused-ring (bicyclic) bond motifs is 2. The summed E-state index contributed by atoms with van der Waals surface area (Å²) in [5, 5.41) is 8.13. The third-order valence-corrected chi connectivity index (χ3v) is 14.5. The molecule has 2 bridgehead atoms. The molecule has 2 atom stereocenters. The number of hydrogen-bond acceptors (Lipinski definition) is 2. The van der Waals surface area contributed by atoms with E-state index in [9.17, 15) is 0 Å². The standard InChI is InChI=1S/C42H34O2P2/c1-5-14-32(15-6-1)45(33-16-7-2-8-17-33)38-23-13-22-36-39(38)40-41(43-25-24-29-28-37(29)44-36)30-26-31(27-30)42(40)46(34-18-9-3-10-19-34)35-20-11-4-12-21-35/h1-23,26,29,37H,24-25,27-28H2. The van der Waals surface area contributed by atoms with Crippen molar-refractivity contribution in [3.8, 4) is 22.6 Å². The first-order chi connectivity index (χ1) is 22.8. The van der Waals surface area contributed by atoms with E-state index in [4.69, 9.17) is 9.47 Å². The van der Waals surface area contributed by atoms with E-state index in [0.717, 1.165) is 37.4 Å². The van der Waals surface area contributed by atoms with Gasteiger partial charge in [0.25, 0.3) is 0 Å². The van der Waals surface area contributed by atoms with Gasteiger partial charge < -0.3 is 9.47 Å². The van der Waals surface area contributed by atoms with Crippen molar-refractivity contribution in [2.45, 2.75) is 25.4 Å². The van der Waals surface area contributed by atoms with Crippen LogP contribution in [0.3, 0.4) is 0 Å². The molecule has 1 saturated carbocycles. The van der Waals surface area contributed by atoms with Gasteiger partial charge in [0.15, 0.2) is 0 Å². The third kappa shape index (κ3) is 4.96. The fraction of sp³-hybridized carbons (Fsp3) is 0.143. The fourth-order valence-corrected chi connectivity index (χ4v) is 12.2. The largest absolute Gasteiger partial charge is 0.493 e. The summed E-state index contributed by atoms with van der Waals surface area (Å²) in [6.07, 6.45) is 3.34. The van der Waals surface area contributed by atoms with Crippen molar-refractivity contribution >= 4 is 47.7 Å². The molecule has 0 N–H and O–H groups in total. The first-order valence-electron chi connectivity index (χ1n) is 16.3. The minimum absolute atomic E-state index is 0.248. The van der Waals surface area contributed by atoms with Gasteiger partial charge in [-0.15, -0.1) is 0 Å². The molecule has 0 spiro atoms. The molecule has 1 aliphatic heterocycles. The number of hydrogen-bond donors (Lipinski definition) is 0. The van der Waals surface area contributed by atoms with Crippen LogP contribution in [0.15, 0.2) is 146 Å². The Labute approximate surface area is 273 Å². The molecule has 10 rings (SSSR count). The zero-order chi connectivity index (χ0) is 30.5. The Bertz CT molecular complexity index is 1930. The van der Waals surface area contributed by atoms with Crippen molar-refractivity contribution < 1.29 is 9.47 Å². The molecule has 4 heteroatoms. The van der Waals surface area contributed by atoms with Gasteiger partial charge in [0, 0.05) is 28.8 Å². The van der Waals surface area contributed by atoms with Gasteiger partial charge in [-0.1, -0.05) is 140 Å². The lowest BCUT2D eigenvalue weighted by molar-refractivity contribution is 0.252. The highest BCUT2D eigenvalue weighted by Gasteiger charge is 2.42. The Morgan fingerprint density at radius 1 is 0.543 bits per heavy atom. The topological polar surface area (TPSA) is 18.5 Å². The summed E-state index contributed by atoms with van der Waals surface area (Å²) in [7, 11) is -1.75. The van der Waals surface area contributed by atoms with Crippen molar-refractivity contribution in [2.24, 2.45) is 5.92 Å². The highest BCUT2D eigenvalue weighted by Crippen LogP contribution is 2.53. The second kappa shape index (κ2) is 11.9. The lowest BCUT2D eigenvalue weighted by Crippen LogP contribution is -2.32. The van der Waals surface area contributed by atoms with Crippen LogP contribution in [0.25, 0.3) is 11.1 Å². The van der Waals surface area contributed by atoms with Crippen LogP contribution in [0.2, 0.25) is 0 Å². The Balaban J connectivity index is 1.37. The number of benzene rings is 6. The Morgan fingerprint density at radius 3 is 1.65 bits per heavy atom. The van der Waals surface area contributed by atoms with Gasteiger partial charge in [-0.3, -0.25) is 0 Å². The van der Waals surface area contributed by atoms with Gasteiger partial charge in [0.2, 0.25) is 0 Å². The molecule has 2 nitrogen and oxygen atoms in total. The molecule has 46 heavy (non-hydrogen) atoms. The van der Waals surface area contributed by atoms with Crippen molar-refractivity contribution in [1.82, 2.24) is 0 Å². The quantitative estimate of drug-likeness (QED) is 0.179. The monoisotopic (exact) mass is 632 g/mol. The van der Waals surface area contributed by atoms with Gasteiger partial charge in [-0.25, -0.2) is 0 Å². The van der Waals surface area contributed by atoms with Gasteiger partial charge in [-0.2, -0.15) is 0 Å². The molecule has 224 valence electrons. The van der Waals surface area contributed by atoms with Crippen LogP contribution in [0.4, 0.5) is 0 Å². The second-order valence-electron chi connectivity index (χ2n) is 12.4. The van der Waals surface area contributed by atoms with Gasteiger partial charge >= 0.3 is 0 Å². The normalized spacial score (nSPS) is 17.5. The van der Waals surface area contributed by atoms with E-state index >= 15 is 0 Å². The maximum absolute atomic E-state index is 7.03. The number of ether oxygens (including phenoxy) is 2. The molecular weight excluding hydrogens is 598 g/mol. The predicted molar refractivity (Wildman–Crippen MR) is 195 cm³/mol. The van der Waals surface area contributed by atoms with Gasteiger partial charge in [0.1, 0.15) is 17.6 Å². The summed E-state index contributed by atoms with van der Waals surface area (Å²) in [4.78, 5) is 0. The van der Waals surface area contributed by atoms with Crippen LogP contribution in [0, 0.1) is 5.92 Å². The van der Waals surface area contributed by atoms with Crippen LogP contribution in [0.5, 0.6) is 11.5 Å². The van der Waals surface area contributed by atoms with E-state index in [2.05, 4.69) is 146 Å². The van der Waals surface area contributed by atoms with Crippen LogP contribution in [0.1, 0.15) is 24.0 Å². The Morgan fingerprint density at radius 2 is 1.09 bits per heavy atom. The van der Waals surface area contributed by atoms with Crippen LogP contribution in [-0.2, 0) is 6.42 Å². The predicted octanol–water partition coefficient (Wildman–Crippen LogP) is 7.32. The minimum atomic E-state index is -0.880. The second-order valence-corrected chi connectivity index (χ2v) is 16.7. The highest BCUT2D eigenvalue weighted by molar-refractivity contribution is 7.81. The SMILES string of the molecule is c1ccc(P(c2ccccc2)c2cccc3c2-c2c(c4cc(c2P(c2ccccc2)c2ccccc2)C4)OCCC2CC2O3)cc1. The molecule has 1 fully saturated rings. The third-order valence-electron chi connectivity index (χ3n) is 9.44. The zero-order valence-corrected chi connectivity index (χ0v) is 27.3. The summed E-state index contributed by atoms with van der Waals surface area (Å²) in [6.45, 7) is 0.724. The van der Waals surface area contributed by atoms with E-state index in [1.54, 1.807) is 0 Å². The molecule has 6 aromatic carbocycles. The number of rotatable bonds is 6. The maximum Gasteiger partial charge on any atom is 0.131 e. The molecule has 2 unspecified atom stereocenters. The summed E-state index contributed by atoms with van der Waals surface area (Å²) in [5.74, 6) is 2.62. The summed E-state index contributed by atoms with van der Waals surface area (Å²) in [6, 6.07) is 53.5. The van der Waals surface area contributed by atoms with E-state index < -0.39 is 15.8 Å². The van der Waals surface area contributed by atoms with Crippen LogP contribution in [-0.4, -0.2) is 12.7 Å². The highest BCUT2D eigenvalue weighted by atomic mass is 31.1. The lowest BCUT2D eigenvalue weighted by atomic mass is 9.85. The van der Waals surface area contributed by atoms with Crippen LogP contribution >= 0.6 is 15.8 Å². The molecule has 1 heterocycles. The smallest absolute Gasteiger partial charge is 0.131 e. The Hall–Kier alpha value is -4.22. The molecule has 3 aliphatic carbocycles. The van der Waals surface area contributed by atoms with E-state index in [0.29, 0.717) is 5.92 Å². The molecule has 0 aromatic heterocycles. The fourth-order valence-electron chi connectivity index (χ4n) is 7.11. The summed E-state index contributed by atoms with van der Waals surface area (Å²) >= 11 is 0. The Kier molecular flexibility index (Phi) is 7.23. The average molecular weight is 633 g/mol. The molecule has 6 aromatic rings. The molecule has 4 aliphatic rings. The zero-order valence-electron chi connectivity index (χ0n) is 25.6. The first kappa shape index (κ1) is 28.0. The van der Waals surface area contributed by atoms with Crippen molar-refractivity contribution in [3.05, 3.63) is 157 Å². The molecule has 0 amide bonds. The molecule has 0 radical (unpaired) electrons. The van der Waals surface area contributed by atoms with E-state index in [-0.39, 0.29) is 6.10 Å². The van der Waals surface area contributed by atoms with Crippen molar-refractivity contribution in [3.63, 3.8) is 0 Å². The first-order valence-corrected chi connectivity index (χ1v) is 18.9. The summed E-state index contributed by atoms with van der Waals surface area (Å²) in [5.41, 5.74) is 5.23. The summed E-state index contributed by atoms with van der Waals surface area (Å²) < 4.78 is 14.0. The van der Waals surface area contributed by atoms with Crippen LogP contribution < -0.4 is 41.3 Å². The average Bonchev–Trinajstić information content (AvgIpc) is 3.84. The molecular formula is C42H34O2P2. The van der Waals surface area contributed by atoms with Gasteiger partial charge in [0.05, 0.1) is 6.61 Å². The maximum atomic E-state index is 7.03. The lowest BCUT2D eigenvalue weighted by Gasteiger charge is -2.35. The van der Waals surface area contributed by atoms with E-state index in [1.807, 2.05) is 0 Å². The van der Waals surface area contributed by atoms with Gasteiger partial charge in [-0.05, 0) is 72.4 Å². The molecule has 0 saturated heterocycles. The van der Waals surface area contributed by atoms with Crippen molar-refractivity contribution in [2.75, 3.05) is 6.61 Å².